The Hall–Kier alpha value is -1.39. The van der Waals surface area contributed by atoms with Gasteiger partial charge >= 0.3 is 0 Å². The summed E-state index contributed by atoms with van der Waals surface area (Å²) >= 11 is 12.0. The Balaban J connectivity index is 1.86. The van der Waals surface area contributed by atoms with Crippen molar-refractivity contribution in [3.8, 4) is 0 Å². The van der Waals surface area contributed by atoms with Crippen molar-refractivity contribution in [3.05, 3.63) is 69.2 Å². The second-order valence-electron chi connectivity index (χ2n) is 4.65. The van der Waals surface area contributed by atoms with Crippen molar-refractivity contribution < 1.29 is 14.3 Å². The van der Waals surface area contributed by atoms with Gasteiger partial charge < -0.3 is 9.47 Å². The molecule has 0 bridgehead atoms. The molecule has 0 radical (unpaired) electrons. The van der Waals surface area contributed by atoms with Crippen LogP contribution in [0.5, 0.6) is 0 Å². The lowest BCUT2D eigenvalue weighted by molar-refractivity contribution is -0.0441. The van der Waals surface area contributed by atoms with Crippen LogP contribution in [-0.4, -0.2) is 19.0 Å². The third-order valence-electron chi connectivity index (χ3n) is 3.24. The van der Waals surface area contributed by atoms with E-state index in [-0.39, 0.29) is 12.1 Å². The van der Waals surface area contributed by atoms with Crippen LogP contribution in [0.4, 0.5) is 0 Å². The second kappa shape index (κ2) is 6.16. The van der Waals surface area contributed by atoms with E-state index in [1.54, 1.807) is 30.3 Å². The van der Waals surface area contributed by atoms with Gasteiger partial charge in [0.2, 0.25) is 0 Å². The maximum atomic E-state index is 12.4. The summed E-state index contributed by atoms with van der Waals surface area (Å²) in [6.45, 7) is 1.17. The van der Waals surface area contributed by atoms with E-state index in [0.29, 0.717) is 34.4 Å². The van der Waals surface area contributed by atoms with Crippen molar-refractivity contribution in [3.63, 3.8) is 0 Å². The number of ether oxygens (including phenoxy) is 2. The average Bonchev–Trinajstić information content (AvgIpc) is 3.03. The highest BCUT2D eigenvalue weighted by Gasteiger charge is 2.19. The molecule has 0 saturated carbocycles. The first-order chi connectivity index (χ1) is 10.1. The summed E-state index contributed by atoms with van der Waals surface area (Å²) in [4.78, 5) is 12.4. The average molecular weight is 323 g/mol. The molecule has 21 heavy (non-hydrogen) atoms. The Kier molecular flexibility index (Phi) is 4.27. The smallest absolute Gasteiger partial charge is 0.194 e. The van der Waals surface area contributed by atoms with Crippen LogP contribution in [-0.2, 0) is 9.47 Å². The summed E-state index contributed by atoms with van der Waals surface area (Å²) in [5.41, 5.74) is 1.83. The van der Waals surface area contributed by atoms with Gasteiger partial charge in [0.1, 0.15) is 0 Å². The van der Waals surface area contributed by atoms with Gasteiger partial charge in [0.25, 0.3) is 0 Å². The standard InChI is InChI=1S/C16H12Cl2O3/c17-12-5-6-14(18)13(9-12)15(19)10-1-3-11(4-2-10)16-20-7-8-21-16/h1-6,9,16H,7-8H2. The molecule has 5 heteroatoms. The number of hydrogen-bond donors (Lipinski definition) is 0. The van der Waals surface area contributed by atoms with E-state index in [1.807, 2.05) is 12.1 Å². The van der Waals surface area contributed by atoms with Gasteiger partial charge in [-0.25, -0.2) is 0 Å². The summed E-state index contributed by atoms with van der Waals surface area (Å²) in [7, 11) is 0. The molecule has 2 aromatic carbocycles. The molecule has 3 nitrogen and oxygen atoms in total. The van der Waals surface area contributed by atoms with E-state index in [1.165, 1.54) is 0 Å². The van der Waals surface area contributed by atoms with Gasteiger partial charge in [-0.1, -0.05) is 47.5 Å². The van der Waals surface area contributed by atoms with E-state index < -0.39 is 0 Å². The van der Waals surface area contributed by atoms with E-state index in [4.69, 9.17) is 32.7 Å². The summed E-state index contributed by atoms with van der Waals surface area (Å²) in [6.07, 6.45) is -0.344. The fourth-order valence-corrected chi connectivity index (χ4v) is 2.54. The first kappa shape index (κ1) is 14.5. The first-order valence-electron chi connectivity index (χ1n) is 6.48. The van der Waals surface area contributed by atoms with Crippen molar-refractivity contribution in [2.24, 2.45) is 0 Å². The molecule has 1 aliphatic heterocycles. The molecule has 3 rings (SSSR count). The van der Waals surface area contributed by atoms with Crippen molar-refractivity contribution >= 4 is 29.0 Å². The normalized spacial score (nSPS) is 15.3. The predicted octanol–water partition coefficient (Wildman–Crippen LogP) is 4.27. The fourth-order valence-electron chi connectivity index (χ4n) is 2.17. The summed E-state index contributed by atoms with van der Waals surface area (Å²) < 4.78 is 10.8. The molecule has 1 saturated heterocycles. The number of rotatable bonds is 3. The number of halogens is 2. The van der Waals surface area contributed by atoms with Crippen molar-refractivity contribution in [1.29, 1.82) is 0 Å². The SMILES string of the molecule is O=C(c1ccc(C2OCCO2)cc1)c1cc(Cl)ccc1Cl. The fraction of sp³-hybridized carbons (Fsp3) is 0.188. The Morgan fingerprint density at radius 3 is 2.33 bits per heavy atom. The molecule has 1 aliphatic rings. The van der Waals surface area contributed by atoms with E-state index >= 15 is 0 Å². The van der Waals surface area contributed by atoms with Gasteiger partial charge in [-0.05, 0) is 18.2 Å². The molecular weight excluding hydrogens is 311 g/mol. The largest absolute Gasteiger partial charge is 0.346 e. The zero-order chi connectivity index (χ0) is 14.8. The summed E-state index contributed by atoms with van der Waals surface area (Å²) in [5, 5.41) is 0.864. The highest BCUT2D eigenvalue weighted by atomic mass is 35.5. The van der Waals surface area contributed by atoms with Gasteiger partial charge in [-0.3, -0.25) is 4.79 Å². The third kappa shape index (κ3) is 3.11. The topological polar surface area (TPSA) is 35.5 Å². The van der Waals surface area contributed by atoms with Crippen LogP contribution in [0.25, 0.3) is 0 Å². The molecule has 0 unspecified atom stereocenters. The molecule has 0 aliphatic carbocycles. The number of hydrogen-bond acceptors (Lipinski definition) is 3. The number of carbonyl (C=O) groups is 1. The molecular formula is C16H12Cl2O3. The van der Waals surface area contributed by atoms with Crippen LogP contribution in [0.2, 0.25) is 10.0 Å². The zero-order valence-electron chi connectivity index (χ0n) is 11.0. The lowest BCUT2D eigenvalue weighted by Crippen LogP contribution is -2.04. The Morgan fingerprint density at radius 1 is 1.00 bits per heavy atom. The van der Waals surface area contributed by atoms with Crippen LogP contribution in [0.1, 0.15) is 27.8 Å². The maximum Gasteiger partial charge on any atom is 0.194 e. The number of benzene rings is 2. The molecule has 1 fully saturated rings. The minimum Gasteiger partial charge on any atom is -0.346 e. The van der Waals surface area contributed by atoms with E-state index in [9.17, 15) is 4.79 Å². The van der Waals surface area contributed by atoms with Crippen LogP contribution >= 0.6 is 23.2 Å². The first-order valence-corrected chi connectivity index (χ1v) is 7.23. The Morgan fingerprint density at radius 2 is 1.67 bits per heavy atom. The predicted molar refractivity (Wildman–Crippen MR) is 81.0 cm³/mol. The molecule has 0 spiro atoms. The summed E-state index contributed by atoms with van der Waals surface area (Å²) in [5.74, 6) is -0.165. The Labute approximate surface area is 132 Å². The van der Waals surface area contributed by atoms with Crippen molar-refractivity contribution in [2.45, 2.75) is 6.29 Å². The number of carbonyl (C=O) groups excluding carboxylic acids is 1. The quantitative estimate of drug-likeness (QED) is 0.791. The molecule has 2 aromatic rings. The molecule has 0 atom stereocenters. The molecule has 0 aromatic heterocycles. The van der Waals surface area contributed by atoms with Gasteiger partial charge in [-0.15, -0.1) is 0 Å². The minimum absolute atomic E-state index is 0.165. The van der Waals surface area contributed by atoms with Gasteiger partial charge in [-0.2, -0.15) is 0 Å². The van der Waals surface area contributed by atoms with Crippen molar-refractivity contribution in [2.75, 3.05) is 13.2 Å². The van der Waals surface area contributed by atoms with Gasteiger partial charge in [0, 0.05) is 21.7 Å². The van der Waals surface area contributed by atoms with Gasteiger partial charge in [0.15, 0.2) is 12.1 Å². The molecule has 108 valence electrons. The number of ketones is 1. The highest BCUT2D eigenvalue weighted by Crippen LogP contribution is 2.26. The van der Waals surface area contributed by atoms with E-state index in [0.717, 1.165) is 5.56 Å². The lowest BCUT2D eigenvalue weighted by atomic mass is 10.0. The van der Waals surface area contributed by atoms with Crippen LogP contribution < -0.4 is 0 Å². The second-order valence-corrected chi connectivity index (χ2v) is 5.49. The highest BCUT2D eigenvalue weighted by molar-refractivity contribution is 6.36. The molecule has 1 heterocycles. The zero-order valence-corrected chi connectivity index (χ0v) is 12.5. The molecule has 0 amide bonds. The summed E-state index contributed by atoms with van der Waals surface area (Å²) in [6, 6.07) is 12.0. The Bertz CT molecular complexity index is 662. The monoisotopic (exact) mass is 322 g/mol. The maximum absolute atomic E-state index is 12.4. The van der Waals surface area contributed by atoms with Crippen LogP contribution in [0, 0.1) is 0 Å². The van der Waals surface area contributed by atoms with Crippen LogP contribution in [0.15, 0.2) is 42.5 Å². The van der Waals surface area contributed by atoms with Gasteiger partial charge in [0.05, 0.1) is 18.2 Å². The van der Waals surface area contributed by atoms with Crippen LogP contribution in [0.3, 0.4) is 0 Å². The minimum atomic E-state index is -0.344. The molecule has 0 N–H and O–H groups in total. The van der Waals surface area contributed by atoms with Crippen molar-refractivity contribution in [1.82, 2.24) is 0 Å². The lowest BCUT2D eigenvalue weighted by Gasteiger charge is -2.10. The third-order valence-corrected chi connectivity index (χ3v) is 3.80. The van der Waals surface area contributed by atoms with E-state index in [2.05, 4.69) is 0 Å².